The lowest BCUT2D eigenvalue weighted by atomic mass is 9.85. The number of hydrogen-bond acceptors (Lipinski definition) is 2. The van der Waals surface area contributed by atoms with E-state index in [1.165, 1.54) is 0 Å². The molecular formula is C12H25NO. The highest BCUT2D eigenvalue weighted by Gasteiger charge is 2.32. The maximum Gasteiger partial charge on any atom is 0.154 e. The molecule has 0 aliphatic rings. The van der Waals surface area contributed by atoms with E-state index in [1.54, 1.807) is 0 Å². The van der Waals surface area contributed by atoms with Crippen LogP contribution < -0.4 is 0 Å². The molecule has 0 radical (unpaired) electrons. The average molecular weight is 199 g/mol. The predicted octanol–water partition coefficient (Wildman–Crippen LogP) is 2.72. The Morgan fingerprint density at radius 3 is 1.64 bits per heavy atom. The third-order valence-electron chi connectivity index (χ3n) is 2.76. The SMILES string of the molecule is C[C@H](C(=O)C(C)(C)C)N(C)C(C)(C)C. The van der Waals surface area contributed by atoms with Gasteiger partial charge in [0, 0.05) is 11.0 Å². The van der Waals surface area contributed by atoms with E-state index in [1.807, 2.05) is 34.7 Å². The number of Topliss-reactive ketones (excluding diaryl/α,β-unsaturated/α-hetero) is 1. The molecule has 0 amide bonds. The number of carbonyl (C=O) groups excluding carboxylic acids is 1. The molecule has 0 rings (SSSR count). The molecule has 0 aromatic heterocycles. The van der Waals surface area contributed by atoms with Crippen LogP contribution in [-0.4, -0.2) is 29.3 Å². The van der Waals surface area contributed by atoms with Crippen LogP contribution in [0.25, 0.3) is 0 Å². The lowest BCUT2D eigenvalue weighted by Crippen LogP contribution is -2.50. The van der Waals surface area contributed by atoms with E-state index >= 15 is 0 Å². The van der Waals surface area contributed by atoms with Gasteiger partial charge in [0.15, 0.2) is 5.78 Å². The van der Waals surface area contributed by atoms with Crippen LogP contribution in [0.15, 0.2) is 0 Å². The van der Waals surface area contributed by atoms with Gasteiger partial charge >= 0.3 is 0 Å². The largest absolute Gasteiger partial charge is 0.297 e. The molecule has 0 N–H and O–H groups in total. The summed E-state index contributed by atoms with van der Waals surface area (Å²) in [5.41, 5.74) is -0.209. The monoisotopic (exact) mass is 199 g/mol. The van der Waals surface area contributed by atoms with Crippen LogP contribution in [0.5, 0.6) is 0 Å². The predicted molar refractivity (Wildman–Crippen MR) is 61.4 cm³/mol. The molecule has 0 saturated heterocycles. The second-order valence-electron chi connectivity index (χ2n) is 6.07. The van der Waals surface area contributed by atoms with Gasteiger partial charge in [-0.25, -0.2) is 0 Å². The fourth-order valence-corrected chi connectivity index (χ4v) is 1.38. The van der Waals surface area contributed by atoms with Gasteiger partial charge in [0.2, 0.25) is 0 Å². The first-order valence-corrected chi connectivity index (χ1v) is 5.25. The van der Waals surface area contributed by atoms with Gasteiger partial charge in [0.1, 0.15) is 0 Å². The molecule has 0 spiro atoms. The smallest absolute Gasteiger partial charge is 0.154 e. The summed E-state index contributed by atoms with van der Waals surface area (Å²) >= 11 is 0. The van der Waals surface area contributed by atoms with E-state index < -0.39 is 0 Å². The first-order valence-electron chi connectivity index (χ1n) is 5.25. The van der Waals surface area contributed by atoms with Crippen LogP contribution in [0, 0.1) is 5.41 Å². The van der Waals surface area contributed by atoms with Crippen molar-refractivity contribution in [2.45, 2.75) is 60.0 Å². The zero-order valence-corrected chi connectivity index (χ0v) is 10.9. The molecule has 0 unspecified atom stereocenters. The van der Waals surface area contributed by atoms with Gasteiger partial charge in [-0.05, 0) is 34.7 Å². The fourth-order valence-electron chi connectivity index (χ4n) is 1.38. The molecule has 0 aliphatic carbocycles. The molecule has 84 valence electrons. The maximum absolute atomic E-state index is 12.0. The lowest BCUT2D eigenvalue weighted by Gasteiger charge is -2.38. The summed E-state index contributed by atoms with van der Waals surface area (Å²) in [5, 5.41) is 0. The van der Waals surface area contributed by atoms with Crippen LogP contribution in [0.4, 0.5) is 0 Å². The number of carbonyl (C=O) groups is 1. The second-order valence-corrected chi connectivity index (χ2v) is 6.07. The molecule has 14 heavy (non-hydrogen) atoms. The van der Waals surface area contributed by atoms with Gasteiger partial charge in [-0.1, -0.05) is 20.8 Å². The summed E-state index contributed by atoms with van der Waals surface area (Å²) in [6.07, 6.45) is 0. The first-order chi connectivity index (χ1) is 5.98. The molecule has 2 heteroatoms. The Hall–Kier alpha value is -0.370. The van der Waals surface area contributed by atoms with Crippen molar-refractivity contribution >= 4 is 5.78 Å². The van der Waals surface area contributed by atoms with Crippen LogP contribution in [-0.2, 0) is 4.79 Å². The van der Waals surface area contributed by atoms with Crippen LogP contribution in [0.2, 0.25) is 0 Å². The summed E-state index contributed by atoms with van der Waals surface area (Å²) in [4.78, 5) is 14.1. The summed E-state index contributed by atoms with van der Waals surface area (Å²) in [6, 6.07) is -0.0185. The number of rotatable bonds is 2. The highest BCUT2D eigenvalue weighted by molar-refractivity contribution is 5.88. The minimum Gasteiger partial charge on any atom is -0.297 e. The molecule has 0 aromatic carbocycles. The Morgan fingerprint density at radius 2 is 1.43 bits per heavy atom. The van der Waals surface area contributed by atoms with E-state index in [2.05, 4.69) is 25.7 Å². The third kappa shape index (κ3) is 3.41. The standard InChI is InChI=1S/C12H25NO/c1-9(10(14)11(2,3)4)13(8)12(5,6)7/h9H,1-8H3/t9-/m1/s1. The summed E-state index contributed by atoms with van der Waals surface area (Å²) < 4.78 is 0. The first kappa shape index (κ1) is 13.6. The Labute approximate surface area is 88.7 Å². The topological polar surface area (TPSA) is 20.3 Å². The van der Waals surface area contributed by atoms with Crippen molar-refractivity contribution in [1.29, 1.82) is 0 Å². The van der Waals surface area contributed by atoms with E-state index in [9.17, 15) is 4.79 Å². The van der Waals surface area contributed by atoms with E-state index in [-0.39, 0.29) is 17.0 Å². The molecular weight excluding hydrogens is 174 g/mol. The van der Waals surface area contributed by atoms with Crippen molar-refractivity contribution in [2.24, 2.45) is 5.41 Å². The molecule has 0 heterocycles. The van der Waals surface area contributed by atoms with Crippen LogP contribution >= 0.6 is 0 Å². The minimum atomic E-state index is -0.251. The highest BCUT2D eigenvalue weighted by atomic mass is 16.1. The van der Waals surface area contributed by atoms with Gasteiger partial charge in [-0.15, -0.1) is 0 Å². The zero-order chi connectivity index (χ0) is 11.7. The number of likely N-dealkylation sites (N-methyl/N-ethyl adjacent to an activating group) is 1. The van der Waals surface area contributed by atoms with Crippen LogP contribution in [0.3, 0.4) is 0 Å². The fraction of sp³-hybridized carbons (Fsp3) is 0.917. The Bertz CT molecular complexity index is 207. The molecule has 0 fully saturated rings. The molecule has 1 atom stereocenters. The Morgan fingerprint density at radius 1 is 1.07 bits per heavy atom. The number of hydrogen-bond donors (Lipinski definition) is 0. The minimum absolute atomic E-state index is 0.0185. The van der Waals surface area contributed by atoms with Gasteiger partial charge in [0.25, 0.3) is 0 Å². The maximum atomic E-state index is 12.0. The van der Waals surface area contributed by atoms with Gasteiger partial charge in [0.05, 0.1) is 6.04 Å². The van der Waals surface area contributed by atoms with Crippen molar-refractivity contribution in [2.75, 3.05) is 7.05 Å². The van der Waals surface area contributed by atoms with E-state index in [4.69, 9.17) is 0 Å². The molecule has 0 saturated carbocycles. The summed E-state index contributed by atoms with van der Waals surface area (Å²) in [5.74, 6) is 0.301. The van der Waals surface area contributed by atoms with E-state index in [0.29, 0.717) is 5.78 Å². The Kier molecular flexibility index (Phi) is 3.91. The molecule has 2 nitrogen and oxygen atoms in total. The average Bonchev–Trinajstić information content (AvgIpc) is 1.97. The highest BCUT2D eigenvalue weighted by Crippen LogP contribution is 2.22. The van der Waals surface area contributed by atoms with Gasteiger partial charge in [-0.3, -0.25) is 9.69 Å². The molecule has 0 aliphatic heterocycles. The van der Waals surface area contributed by atoms with Crippen molar-refractivity contribution in [3.05, 3.63) is 0 Å². The number of ketones is 1. The van der Waals surface area contributed by atoms with Crippen LogP contribution in [0.1, 0.15) is 48.5 Å². The Balaban J connectivity index is 4.65. The quantitative estimate of drug-likeness (QED) is 0.681. The summed E-state index contributed by atoms with van der Waals surface area (Å²) in [7, 11) is 2.01. The molecule has 0 aromatic rings. The van der Waals surface area contributed by atoms with Gasteiger partial charge in [-0.2, -0.15) is 0 Å². The molecule has 0 bridgehead atoms. The summed E-state index contributed by atoms with van der Waals surface area (Å²) in [6.45, 7) is 14.3. The lowest BCUT2D eigenvalue weighted by molar-refractivity contribution is -0.132. The van der Waals surface area contributed by atoms with Crippen molar-refractivity contribution < 1.29 is 4.79 Å². The second kappa shape index (κ2) is 4.01. The van der Waals surface area contributed by atoms with Crippen molar-refractivity contribution in [3.8, 4) is 0 Å². The van der Waals surface area contributed by atoms with Crippen molar-refractivity contribution in [3.63, 3.8) is 0 Å². The normalized spacial score (nSPS) is 15.8. The van der Waals surface area contributed by atoms with Gasteiger partial charge < -0.3 is 0 Å². The zero-order valence-electron chi connectivity index (χ0n) is 10.9. The van der Waals surface area contributed by atoms with Crippen molar-refractivity contribution in [1.82, 2.24) is 4.90 Å². The number of nitrogens with zero attached hydrogens (tertiary/aromatic N) is 1. The van der Waals surface area contributed by atoms with E-state index in [0.717, 1.165) is 0 Å². The third-order valence-corrected chi connectivity index (χ3v) is 2.76.